The molecule has 1 N–H and O–H groups in total. The molecule has 1 fully saturated rings. The summed E-state index contributed by atoms with van der Waals surface area (Å²) in [5.41, 5.74) is 0. The number of rotatable bonds is 5. The minimum Gasteiger partial charge on any atom is -0.396 e. The Labute approximate surface area is 88.9 Å². The largest absolute Gasteiger partial charge is 0.396 e. The van der Waals surface area contributed by atoms with Gasteiger partial charge in [-0.15, -0.1) is 0 Å². The van der Waals surface area contributed by atoms with Gasteiger partial charge in [0, 0.05) is 6.61 Å². The molecule has 0 aromatic carbocycles. The van der Waals surface area contributed by atoms with Crippen molar-refractivity contribution in [3.63, 3.8) is 0 Å². The Hall–Kier alpha value is -0.0400. The van der Waals surface area contributed by atoms with Crippen LogP contribution in [0.1, 0.15) is 58.8 Å². The fourth-order valence-electron chi connectivity index (χ4n) is 2.70. The van der Waals surface area contributed by atoms with Gasteiger partial charge in [-0.25, -0.2) is 0 Å². The van der Waals surface area contributed by atoms with E-state index in [0.29, 0.717) is 12.5 Å². The van der Waals surface area contributed by atoms with Crippen LogP contribution in [0.25, 0.3) is 0 Å². The van der Waals surface area contributed by atoms with Crippen LogP contribution in [0.5, 0.6) is 0 Å². The van der Waals surface area contributed by atoms with Crippen LogP contribution < -0.4 is 0 Å². The second kappa shape index (κ2) is 6.44. The maximum Gasteiger partial charge on any atom is 0.0459 e. The summed E-state index contributed by atoms with van der Waals surface area (Å²) in [6.07, 6.45) is 9.36. The van der Waals surface area contributed by atoms with E-state index in [-0.39, 0.29) is 0 Å². The molecule has 14 heavy (non-hydrogen) atoms. The third kappa shape index (κ3) is 3.61. The summed E-state index contributed by atoms with van der Waals surface area (Å²) in [4.78, 5) is 0. The Morgan fingerprint density at radius 3 is 2.36 bits per heavy atom. The summed E-state index contributed by atoms with van der Waals surface area (Å²) in [6, 6.07) is 0. The van der Waals surface area contributed by atoms with Gasteiger partial charge in [0.15, 0.2) is 0 Å². The number of aliphatic hydroxyl groups is 1. The van der Waals surface area contributed by atoms with E-state index >= 15 is 0 Å². The lowest BCUT2D eigenvalue weighted by atomic mass is 9.75. The monoisotopic (exact) mass is 198 g/mol. The van der Waals surface area contributed by atoms with Crippen LogP contribution in [0.15, 0.2) is 0 Å². The van der Waals surface area contributed by atoms with Crippen molar-refractivity contribution >= 4 is 0 Å². The van der Waals surface area contributed by atoms with Gasteiger partial charge < -0.3 is 5.11 Å². The number of hydrogen-bond donors (Lipinski definition) is 1. The van der Waals surface area contributed by atoms with E-state index in [1.807, 2.05) is 0 Å². The van der Waals surface area contributed by atoms with E-state index in [2.05, 4.69) is 13.8 Å². The predicted molar refractivity (Wildman–Crippen MR) is 61.2 cm³/mol. The molecule has 0 amide bonds. The van der Waals surface area contributed by atoms with Crippen LogP contribution in [0.3, 0.4) is 0 Å². The molecule has 1 rings (SSSR count). The second-order valence-electron chi connectivity index (χ2n) is 5.08. The first-order chi connectivity index (χ1) is 6.77. The zero-order valence-electron chi connectivity index (χ0n) is 9.84. The van der Waals surface area contributed by atoms with Crippen LogP contribution in [-0.4, -0.2) is 11.7 Å². The lowest BCUT2D eigenvalue weighted by Gasteiger charge is -2.31. The van der Waals surface area contributed by atoms with Gasteiger partial charge in [0.1, 0.15) is 0 Å². The van der Waals surface area contributed by atoms with Crippen LogP contribution >= 0.6 is 0 Å². The van der Waals surface area contributed by atoms with Gasteiger partial charge in [-0.1, -0.05) is 33.1 Å². The van der Waals surface area contributed by atoms with Crippen LogP contribution in [0.4, 0.5) is 0 Å². The molecule has 0 saturated heterocycles. The zero-order valence-corrected chi connectivity index (χ0v) is 9.84. The topological polar surface area (TPSA) is 20.2 Å². The normalized spacial score (nSPS) is 30.2. The molecule has 0 aromatic heterocycles. The minimum atomic E-state index is 0.413. The van der Waals surface area contributed by atoms with E-state index in [9.17, 15) is 0 Å². The first kappa shape index (κ1) is 12.0. The summed E-state index contributed by atoms with van der Waals surface area (Å²) in [7, 11) is 0. The van der Waals surface area contributed by atoms with Crippen LogP contribution in [0.2, 0.25) is 0 Å². The highest BCUT2D eigenvalue weighted by molar-refractivity contribution is 4.75. The summed E-state index contributed by atoms with van der Waals surface area (Å²) < 4.78 is 0. The highest BCUT2D eigenvalue weighted by Crippen LogP contribution is 2.34. The van der Waals surface area contributed by atoms with Crippen molar-refractivity contribution in [2.75, 3.05) is 6.61 Å². The summed E-state index contributed by atoms with van der Waals surface area (Å²) in [5, 5.41) is 9.06. The van der Waals surface area contributed by atoms with Crippen molar-refractivity contribution in [2.45, 2.75) is 58.8 Å². The van der Waals surface area contributed by atoms with E-state index in [1.54, 1.807) is 0 Å². The van der Waals surface area contributed by atoms with Gasteiger partial charge in [0.25, 0.3) is 0 Å². The average Bonchev–Trinajstić information content (AvgIpc) is 2.26. The average molecular weight is 198 g/mol. The molecule has 1 saturated carbocycles. The van der Waals surface area contributed by atoms with E-state index in [0.717, 1.165) is 11.8 Å². The molecule has 0 spiro atoms. The molecular formula is C13H26O. The first-order valence-corrected chi connectivity index (χ1v) is 6.38. The molecular weight excluding hydrogens is 172 g/mol. The zero-order chi connectivity index (χ0) is 10.4. The van der Waals surface area contributed by atoms with Crippen molar-refractivity contribution in [3.05, 3.63) is 0 Å². The predicted octanol–water partition coefficient (Wildman–Crippen LogP) is 3.61. The maximum atomic E-state index is 9.06. The molecule has 0 heterocycles. The third-order valence-corrected chi connectivity index (χ3v) is 3.97. The van der Waals surface area contributed by atoms with E-state index in [1.165, 1.54) is 44.9 Å². The van der Waals surface area contributed by atoms with Crippen LogP contribution in [0, 0.1) is 17.8 Å². The molecule has 0 aromatic rings. The first-order valence-electron chi connectivity index (χ1n) is 6.38. The SMILES string of the molecule is CCCCC(C)C1CCC(CO)CC1. The van der Waals surface area contributed by atoms with E-state index in [4.69, 9.17) is 5.11 Å². The Morgan fingerprint density at radius 1 is 1.21 bits per heavy atom. The fraction of sp³-hybridized carbons (Fsp3) is 1.00. The molecule has 84 valence electrons. The van der Waals surface area contributed by atoms with Gasteiger partial charge >= 0.3 is 0 Å². The Balaban J connectivity index is 2.19. The number of unbranched alkanes of at least 4 members (excludes halogenated alkanes) is 1. The highest BCUT2D eigenvalue weighted by atomic mass is 16.3. The lowest BCUT2D eigenvalue weighted by molar-refractivity contribution is 0.143. The smallest absolute Gasteiger partial charge is 0.0459 e. The molecule has 0 aliphatic heterocycles. The Kier molecular flexibility index (Phi) is 5.54. The van der Waals surface area contributed by atoms with Crippen molar-refractivity contribution in [3.8, 4) is 0 Å². The van der Waals surface area contributed by atoms with Crippen molar-refractivity contribution < 1.29 is 5.11 Å². The standard InChI is InChI=1S/C13H26O/c1-3-4-5-11(2)13-8-6-12(10-14)7-9-13/h11-14H,3-10H2,1-2H3. The molecule has 1 nitrogen and oxygen atoms in total. The van der Waals surface area contributed by atoms with E-state index < -0.39 is 0 Å². The molecule has 0 bridgehead atoms. The molecule has 1 atom stereocenters. The number of aliphatic hydroxyl groups excluding tert-OH is 1. The van der Waals surface area contributed by atoms with Gasteiger partial charge in [-0.05, 0) is 43.4 Å². The minimum absolute atomic E-state index is 0.413. The number of hydrogen-bond acceptors (Lipinski definition) is 1. The lowest BCUT2D eigenvalue weighted by Crippen LogP contribution is -2.21. The molecule has 1 heteroatoms. The summed E-state index contributed by atoms with van der Waals surface area (Å²) >= 11 is 0. The Bertz CT molecular complexity index is 136. The van der Waals surface area contributed by atoms with Gasteiger partial charge in [0.2, 0.25) is 0 Å². The van der Waals surface area contributed by atoms with Gasteiger partial charge in [0.05, 0.1) is 0 Å². The summed E-state index contributed by atoms with van der Waals surface area (Å²) in [6.45, 7) is 5.10. The molecule has 1 aliphatic carbocycles. The third-order valence-electron chi connectivity index (χ3n) is 3.97. The van der Waals surface area contributed by atoms with Crippen LogP contribution in [-0.2, 0) is 0 Å². The highest BCUT2D eigenvalue weighted by Gasteiger charge is 2.24. The second-order valence-corrected chi connectivity index (χ2v) is 5.08. The quantitative estimate of drug-likeness (QED) is 0.715. The van der Waals surface area contributed by atoms with Crippen molar-refractivity contribution in [1.82, 2.24) is 0 Å². The molecule has 1 unspecified atom stereocenters. The van der Waals surface area contributed by atoms with Gasteiger partial charge in [-0.2, -0.15) is 0 Å². The maximum absolute atomic E-state index is 9.06. The van der Waals surface area contributed by atoms with Gasteiger partial charge in [-0.3, -0.25) is 0 Å². The van der Waals surface area contributed by atoms with Crippen molar-refractivity contribution in [1.29, 1.82) is 0 Å². The molecule has 1 aliphatic rings. The Morgan fingerprint density at radius 2 is 1.86 bits per heavy atom. The fourth-order valence-corrected chi connectivity index (χ4v) is 2.70. The molecule has 0 radical (unpaired) electrons. The summed E-state index contributed by atoms with van der Waals surface area (Å²) in [5.74, 6) is 2.48. The van der Waals surface area contributed by atoms with Crippen molar-refractivity contribution in [2.24, 2.45) is 17.8 Å².